The maximum absolute atomic E-state index is 12.6. The molecular formula is C14H21N5O. The molecule has 1 unspecified atom stereocenters. The zero-order valence-corrected chi connectivity index (χ0v) is 11.6. The summed E-state index contributed by atoms with van der Waals surface area (Å²) < 4.78 is 0. The second-order valence-corrected chi connectivity index (χ2v) is 5.50. The standard InChI is InChI=1S/C14H21N5O/c15-17-13-3-5-16-9-12(13)14(20)19-8-4-11(10-19)18-6-1-2-7-18/h3,5,9,11H,1-2,4,6-8,10,15H2,(H,16,17). The van der Waals surface area contributed by atoms with E-state index >= 15 is 0 Å². The van der Waals surface area contributed by atoms with Gasteiger partial charge in [0.1, 0.15) is 0 Å². The van der Waals surface area contributed by atoms with Crippen LogP contribution < -0.4 is 11.3 Å². The second-order valence-electron chi connectivity index (χ2n) is 5.50. The summed E-state index contributed by atoms with van der Waals surface area (Å²) in [5, 5.41) is 0. The fraction of sp³-hybridized carbons (Fsp3) is 0.571. The minimum atomic E-state index is 0.0211. The van der Waals surface area contributed by atoms with Crippen molar-refractivity contribution in [2.45, 2.75) is 25.3 Å². The largest absolute Gasteiger partial charge is 0.337 e. The van der Waals surface area contributed by atoms with Crippen LogP contribution in [-0.2, 0) is 0 Å². The molecule has 2 fully saturated rings. The van der Waals surface area contributed by atoms with E-state index < -0.39 is 0 Å². The molecule has 1 aromatic rings. The van der Waals surface area contributed by atoms with E-state index in [4.69, 9.17) is 5.84 Å². The van der Waals surface area contributed by atoms with Gasteiger partial charge < -0.3 is 10.3 Å². The Morgan fingerprint density at radius 3 is 2.90 bits per heavy atom. The lowest BCUT2D eigenvalue weighted by Gasteiger charge is -2.24. The van der Waals surface area contributed by atoms with E-state index in [1.54, 1.807) is 18.5 Å². The molecule has 3 heterocycles. The third-order valence-corrected chi connectivity index (χ3v) is 4.31. The number of nitrogens with one attached hydrogen (secondary N) is 1. The van der Waals surface area contributed by atoms with Gasteiger partial charge in [0, 0.05) is 31.5 Å². The summed E-state index contributed by atoms with van der Waals surface area (Å²) in [7, 11) is 0. The van der Waals surface area contributed by atoms with Gasteiger partial charge >= 0.3 is 0 Å². The van der Waals surface area contributed by atoms with Crippen molar-refractivity contribution in [1.29, 1.82) is 0 Å². The maximum atomic E-state index is 12.6. The number of amides is 1. The van der Waals surface area contributed by atoms with Gasteiger partial charge in [0.15, 0.2) is 0 Å². The quantitative estimate of drug-likeness (QED) is 0.627. The molecule has 6 heteroatoms. The van der Waals surface area contributed by atoms with Gasteiger partial charge in [-0.1, -0.05) is 0 Å². The lowest BCUT2D eigenvalue weighted by molar-refractivity contribution is 0.0780. The highest BCUT2D eigenvalue weighted by atomic mass is 16.2. The highest BCUT2D eigenvalue weighted by molar-refractivity contribution is 5.99. The molecule has 3 rings (SSSR count). The van der Waals surface area contributed by atoms with E-state index in [1.165, 1.54) is 25.9 Å². The molecule has 20 heavy (non-hydrogen) atoms. The van der Waals surface area contributed by atoms with Gasteiger partial charge in [-0.25, -0.2) is 0 Å². The number of nitrogens with two attached hydrogens (primary N) is 1. The minimum absolute atomic E-state index is 0.0211. The van der Waals surface area contributed by atoms with E-state index in [0.29, 0.717) is 17.3 Å². The highest BCUT2D eigenvalue weighted by Gasteiger charge is 2.32. The van der Waals surface area contributed by atoms with Crippen LogP contribution in [0.5, 0.6) is 0 Å². The van der Waals surface area contributed by atoms with E-state index in [-0.39, 0.29) is 5.91 Å². The number of nitrogens with zero attached hydrogens (tertiary/aromatic N) is 3. The first-order valence-electron chi connectivity index (χ1n) is 7.23. The second kappa shape index (κ2) is 5.76. The summed E-state index contributed by atoms with van der Waals surface area (Å²) in [5.41, 5.74) is 3.76. The maximum Gasteiger partial charge on any atom is 0.257 e. The Bertz CT molecular complexity index is 486. The van der Waals surface area contributed by atoms with E-state index in [0.717, 1.165) is 19.5 Å². The zero-order chi connectivity index (χ0) is 13.9. The number of likely N-dealkylation sites (tertiary alicyclic amines) is 2. The highest BCUT2D eigenvalue weighted by Crippen LogP contribution is 2.23. The molecule has 0 bridgehead atoms. The van der Waals surface area contributed by atoms with E-state index in [2.05, 4.69) is 15.3 Å². The molecule has 2 saturated heterocycles. The van der Waals surface area contributed by atoms with Gasteiger partial charge in [-0.2, -0.15) is 0 Å². The van der Waals surface area contributed by atoms with Crippen LogP contribution in [0.2, 0.25) is 0 Å². The molecule has 0 spiro atoms. The van der Waals surface area contributed by atoms with Gasteiger partial charge in [0.05, 0.1) is 11.3 Å². The Morgan fingerprint density at radius 2 is 2.15 bits per heavy atom. The summed E-state index contributed by atoms with van der Waals surface area (Å²) in [4.78, 5) is 21.0. The van der Waals surface area contributed by atoms with Crippen molar-refractivity contribution in [3.8, 4) is 0 Å². The van der Waals surface area contributed by atoms with Crippen molar-refractivity contribution in [3.05, 3.63) is 24.0 Å². The average Bonchev–Trinajstić information content (AvgIpc) is 3.16. The molecule has 0 aromatic carbocycles. The number of carbonyl (C=O) groups is 1. The summed E-state index contributed by atoms with van der Waals surface area (Å²) >= 11 is 0. The number of hydrazine groups is 1. The first-order valence-corrected chi connectivity index (χ1v) is 7.23. The van der Waals surface area contributed by atoms with Gasteiger partial charge in [0.2, 0.25) is 0 Å². The van der Waals surface area contributed by atoms with Gasteiger partial charge in [-0.15, -0.1) is 0 Å². The molecule has 2 aliphatic heterocycles. The van der Waals surface area contributed by atoms with Crippen molar-refractivity contribution in [1.82, 2.24) is 14.8 Å². The van der Waals surface area contributed by atoms with Gasteiger partial charge in [-0.3, -0.25) is 20.5 Å². The number of pyridine rings is 1. The predicted molar refractivity (Wildman–Crippen MR) is 77.2 cm³/mol. The number of anilines is 1. The van der Waals surface area contributed by atoms with Gasteiger partial charge in [-0.05, 0) is 38.4 Å². The molecule has 0 radical (unpaired) electrons. The van der Waals surface area contributed by atoms with Gasteiger partial charge in [0.25, 0.3) is 5.91 Å². The number of aromatic nitrogens is 1. The van der Waals surface area contributed by atoms with Crippen LogP contribution in [0.3, 0.4) is 0 Å². The number of carbonyl (C=O) groups excluding carboxylic acids is 1. The molecule has 0 saturated carbocycles. The van der Waals surface area contributed by atoms with Crippen molar-refractivity contribution in [2.75, 3.05) is 31.6 Å². The predicted octanol–water partition coefficient (Wildman–Crippen LogP) is 0.677. The molecular weight excluding hydrogens is 254 g/mol. The van der Waals surface area contributed by atoms with Crippen LogP contribution in [0, 0.1) is 0 Å². The lowest BCUT2D eigenvalue weighted by Crippen LogP contribution is -2.37. The van der Waals surface area contributed by atoms with Crippen LogP contribution in [-0.4, -0.2) is 52.9 Å². The Hall–Kier alpha value is -1.66. The smallest absolute Gasteiger partial charge is 0.257 e. The molecule has 6 nitrogen and oxygen atoms in total. The number of hydrogen-bond acceptors (Lipinski definition) is 5. The van der Waals surface area contributed by atoms with E-state index in [1.807, 2.05) is 4.90 Å². The Balaban J connectivity index is 1.69. The Kier molecular flexibility index (Phi) is 3.84. The van der Waals surface area contributed by atoms with Crippen LogP contribution in [0.15, 0.2) is 18.5 Å². The van der Waals surface area contributed by atoms with Crippen LogP contribution in [0.4, 0.5) is 5.69 Å². The molecule has 2 aliphatic rings. The molecule has 0 aliphatic carbocycles. The zero-order valence-electron chi connectivity index (χ0n) is 11.6. The normalized spacial score (nSPS) is 23.2. The third kappa shape index (κ3) is 2.48. The van der Waals surface area contributed by atoms with Crippen molar-refractivity contribution < 1.29 is 4.79 Å². The number of nitrogen functional groups attached to an aromatic ring is 1. The summed E-state index contributed by atoms with van der Waals surface area (Å²) in [6.45, 7) is 3.99. The van der Waals surface area contributed by atoms with Crippen LogP contribution in [0.1, 0.15) is 29.6 Å². The topological polar surface area (TPSA) is 74.5 Å². The molecule has 1 aromatic heterocycles. The van der Waals surface area contributed by atoms with Crippen LogP contribution in [0.25, 0.3) is 0 Å². The summed E-state index contributed by atoms with van der Waals surface area (Å²) in [6, 6.07) is 2.24. The molecule has 108 valence electrons. The minimum Gasteiger partial charge on any atom is -0.337 e. The fourth-order valence-corrected chi connectivity index (χ4v) is 3.19. The van der Waals surface area contributed by atoms with Crippen molar-refractivity contribution in [2.24, 2.45) is 5.84 Å². The number of rotatable bonds is 3. The third-order valence-electron chi connectivity index (χ3n) is 4.31. The lowest BCUT2D eigenvalue weighted by atomic mass is 10.2. The van der Waals surface area contributed by atoms with Crippen molar-refractivity contribution >= 4 is 11.6 Å². The fourth-order valence-electron chi connectivity index (χ4n) is 3.19. The number of hydrogen-bond donors (Lipinski definition) is 2. The Labute approximate surface area is 118 Å². The van der Waals surface area contributed by atoms with E-state index in [9.17, 15) is 4.79 Å². The van der Waals surface area contributed by atoms with Crippen LogP contribution >= 0.6 is 0 Å². The first-order chi connectivity index (χ1) is 9.79. The summed E-state index contributed by atoms with van der Waals surface area (Å²) in [6.07, 6.45) is 6.85. The Morgan fingerprint density at radius 1 is 1.35 bits per heavy atom. The molecule has 3 N–H and O–H groups in total. The van der Waals surface area contributed by atoms with Crippen molar-refractivity contribution in [3.63, 3.8) is 0 Å². The monoisotopic (exact) mass is 275 g/mol. The molecule has 1 atom stereocenters. The average molecular weight is 275 g/mol. The SMILES string of the molecule is NNc1ccncc1C(=O)N1CCC(N2CCCC2)C1. The first kappa shape index (κ1) is 13.3. The summed E-state index contributed by atoms with van der Waals surface area (Å²) in [5.74, 6) is 5.48. The molecule has 1 amide bonds.